The maximum Gasteiger partial charge on any atom is 0.238 e. The van der Waals surface area contributed by atoms with Crippen LogP contribution >= 0.6 is 22.6 Å². The van der Waals surface area contributed by atoms with E-state index in [-0.39, 0.29) is 12.5 Å². The van der Waals surface area contributed by atoms with Crippen LogP contribution in [0, 0.1) is 14.9 Å². The lowest BCUT2D eigenvalue weighted by atomic mass is 10.3. The predicted molar refractivity (Wildman–Crippen MR) is 92.0 cm³/mol. The summed E-state index contributed by atoms with van der Waals surface area (Å²) >= 11 is 2.20. The summed E-state index contributed by atoms with van der Waals surface area (Å²) in [5.41, 5.74) is 0.773. The van der Waals surface area contributed by atoms with Crippen LogP contribution in [-0.2, 0) is 11.3 Å². The first-order valence-electron chi connectivity index (χ1n) is 6.84. The van der Waals surface area contributed by atoms with E-state index in [0.29, 0.717) is 19.5 Å². The fourth-order valence-electron chi connectivity index (χ4n) is 2.01. The van der Waals surface area contributed by atoms with Crippen LogP contribution in [0.2, 0.25) is 0 Å². The fraction of sp³-hybridized carbons (Fsp3) is 0.250. The Morgan fingerprint density at radius 2 is 2.23 bits per heavy atom. The summed E-state index contributed by atoms with van der Waals surface area (Å²) in [7, 11) is 0. The van der Waals surface area contributed by atoms with Crippen LogP contribution in [0.4, 0.5) is 5.69 Å². The molecule has 1 aromatic carbocycles. The van der Waals surface area contributed by atoms with Gasteiger partial charge >= 0.3 is 0 Å². The molecule has 0 aliphatic carbocycles. The average Bonchev–Trinajstić information content (AvgIpc) is 2.97. The normalized spacial score (nSPS) is 10.4. The Morgan fingerprint density at radius 3 is 2.91 bits per heavy atom. The first-order chi connectivity index (χ1) is 10.7. The van der Waals surface area contributed by atoms with Gasteiger partial charge in [0, 0.05) is 22.2 Å². The molecule has 0 unspecified atom stereocenters. The third kappa shape index (κ3) is 5.50. The summed E-state index contributed by atoms with van der Waals surface area (Å²) in [6.45, 7) is 1.25. The third-order valence-corrected chi connectivity index (χ3v) is 3.65. The van der Waals surface area contributed by atoms with E-state index in [2.05, 4.69) is 34.0 Å². The predicted octanol–water partition coefficient (Wildman–Crippen LogP) is 3.24. The zero-order valence-electron chi connectivity index (χ0n) is 12.0. The number of nitrogens with one attached hydrogen (secondary N) is 1. The molecule has 1 N–H and O–H groups in total. The van der Waals surface area contributed by atoms with Crippen molar-refractivity contribution in [1.29, 1.82) is 5.26 Å². The molecule has 2 aromatic rings. The minimum absolute atomic E-state index is 0.105. The Kier molecular flexibility index (Phi) is 6.43. The zero-order chi connectivity index (χ0) is 15.8. The maximum absolute atomic E-state index is 12.2. The second-order valence-corrected chi connectivity index (χ2v) is 6.00. The first-order valence-corrected chi connectivity index (χ1v) is 7.92. The van der Waals surface area contributed by atoms with Crippen molar-refractivity contribution in [2.75, 3.05) is 18.4 Å². The highest BCUT2D eigenvalue weighted by Crippen LogP contribution is 2.13. The molecule has 0 fully saturated rings. The second-order valence-electron chi connectivity index (χ2n) is 4.76. The van der Waals surface area contributed by atoms with Crippen molar-refractivity contribution in [3.63, 3.8) is 0 Å². The molecule has 1 heterocycles. The molecule has 2 rings (SSSR count). The van der Waals surface area contributed by atoms with Gasteiger partial charge in [-0.05, 0) is 52.9 Å². The second kappa shape index (κ2) is 8.56. The lowest BCUT2D eigenvalue weighted by Gasteiger charge is -2.19. The number of furan rings is 1. The molecule has 0 aliphatic rings. The van der Waals surface area contributed by atoms with Gasteiger partial charge in [-0.2, -0.15) is 5.26 Å². The van der Waals surface area contributed by atoms with Gasteiger partial charge in [-0.25, -0.2) is 0 Å². The molecule has 0 saturated carbocycles. The van der Waals surface area contributed by atoms with E-state index in [0.717, 1.165) is 15.0 Å². The molecule has 22 heavy (non-hydrogen) atoms. The molecular weight excluding hydrogens is 393 g/mol. The van der Waals surface area contributed by atoms with Crippen LogP contribution in [0.3, 0.4) is 0 Å². The Balaban J connectivity index is 1.93. The summed E-state index contributed by atoms with van der Waals surface area (Å²) in [5, 5.41) is 11.6. The highest BCUT2D eigenvalue weighted by Gasteiger charge is 2.13. The smallest absolute Gasteiger partial charge is 0.238 e. The van der Waals surface area contributed by atoms with Crippen molar-refractivity contribution in [3.8, 4) is 6.07 Å². The molecule has 0 bridgehead atoms. The lowest BCUT2D eigenvalue weighted by molar-refractivity contribution is -0.117. The van der Waals surface area contributed by atoms with E-state index in [1.54, 1.807) is 6.26 Å². The van der Waals surface area contributed by atoms with Gasteiger partial charge in [0.05, 0.1) is 25.4 Å². The lowest BCUT2D eigenvalue weighted by Crippen LogP contribution is -2.33. The number of halogens is 1. The topological polar surface area (TPSA) is 69.3 Å². The van der Waals surface area contributed by atoms with Gasteiger partial charge < -0.3 is 9.73 Å². The number of benzene rings is 1. The molecule has 0 radical (unpaired) electrons. The number of carbonyl (C=O) groups excluding carboxylic acids is 1. The van der Waals surface area contributed by atoms with E-state index < -0.39 is 0 Å². The quantitative estimate of drug-likeness (QED) is 0.713. The Labute approximate surface area is 143 Å². The van der Waals surface area contributed by atoms with Crippen LogP contribution in [-0.4, -0.2) is 23.9 Å². The number of amides is 1. The number of hydrogen-bond donors (Lipinski definition) is 1. The number of hydrogen-bond acceptors (Lipinski definition) is 4. The number of carbonyl (C=O) groups is 1. The van der Waals surface area contributed by atoms with E-state index in [1.165, 1.54) is 0 Å². The van der Waals surface area contributed by atoms with Gasteiger partial charge in [0.2, 0.25) is 5.91 Å². The van der Waals surface area contributed by atoms with Crippen LogP contribution in [0.1, 0.15) is 12.2 Å². The monoisotopic (exact) mass is 409 g/mol. The highest BCUT2D eigenvalue weighted by atomic mass is 127. The number of nitrogens with zero attached hydrogens (tertiary/aromatic N) is 2. The first kappa shape index (κ1) is 16.5. The van der Waals surface area contributed by atoms with E-state index in [4.69, 9.17) is 9.68 Å². The fourth-order valence-corrected chi connectivity index (χ4v) is 2.56. The average molecular weight is 409 g/mol. The summed E-state index contributed by atoms with van der Waals surface area (Å²) < 4.78 is 6.36. The molecule has 0 saturated heterocycles. The van der Waals surface area contributed by atoms with E-state index in [9.17, 15) is 4.79 Å². The van der Waals surface area contributed by atoms with E-state index >= 15 is 0 Å². The maximum atomic E-state index is 12.2. The molecule has 0 aliphatic heterocycles. The summed E-state index contributed by atoms with van der Waals surface area (Å²) in [6, 6.07) is 13.4. The van der Waals surface area contributed by atoms with Gasteiger partial charge in [-0.3, -0.25) is 9.69 Å². The summed E-state index contributed by atoms with van der Waals surface area (Å²) in [4.78, 5) is 14.1. The highest BCUT2D eigenvalue weighted by molar-refractivity contribution is 14.1. The molecule has 1 aromatic heterocycles. The molecule has 5 nitrogen and oxygen atoms in total. The molecule has 114 valence electrons. The molecule has 6 heteroatoms. The minimum atomic E-state index is -0.105. The minimum Gasteiger partial charge on any atom is -0.468 e. The third-order valence-electron chi connectivity index (χ3n) is 2.97. The molecule has 0 atom stereocenters. The Morgan fingerprint density at radius 1 is 1.36 bits per heavy atom. The van der Waals surface area contributed by atoms with E-state index in [1.807, 2.05) is 41.3 Å². The van der Waals surface area contributed by atoms with Gasteiger partial charge in [0.25, 0.3) is 0 Å². The van der Waals surface area contributed by atoms with Crippen molar-refractivity contribution in [3.05, 3.63) is 52.0 Å². The number of rotatable bonds is 7. The van der Waals surface area contributed by atoms with Gasteiger partial charge in [0.15, 0.2) is 0 Å². The summed E-state index contributed by atoms with van der Waals surface area (Å²) in [5.74, 6) is 0.673. The van der Waals surface area contributed by atoms with Crippen LogP contribution in [0.25, 0.3) is 0 Å². The molecule has 0 spiro atoms. The van der Waals surface area contributed by atoms with Crippen LogP contribution in [0.15, 0.2) is 47.1 Å². The van der Waals surface area contributed by atoms with Crippen molar-refractivity contribution in [2.45, 2.75) is 13.0 Å². The Hall–Kier alpha value is -1.85. The van der Waals surface area contributed by atoms with Crippen molar-refractivity contribution >= 4 is 34.2 Å². The van der Waals surface area contributed by atoms with Gasteiger partial charge in [-0.15, -0.1) is 0 Å². The number of nitriles is 1. The largest absolute Gasteiger partial charge is 0.468 e. The standard InChI is InChI=1S/C16H16IN3O2/c17-13-4-1-5-14(10-13)19-16(21)12-20(8-3-7-18)11-15-6-2-9-22-15/h1-2,4-6,9-10H,3,8,11-12H2,(H,19,21). The van der Waals surface area contributed by atoms with Crippen molar-refractivity contribution < 1.29 is 9.21 Å². The number of anilines is 1. The Bertz CT molecular complexity index is 650. The van der Waals surface area contributed by atoms with Gasteiger partial charge in [0.1, 0.15) is 5.76 Å². The van der Waals surface area contributed by atoms with Gasteiger partial charge in [-0.1, -0.05) is 6.07 Å². The SMILES string of the molecule is N#CCCN(CC(=O)Nc1cccc(I)c1)Cc1ccco1. The summed E-state index contributed by atoms with van der Waals surface area (Å²) in [6.07, 6.45) is 1.97. The van der Waals surface area contributed by atoms with Crippen molar-refractivity contribution in [1.82, 2.24) is 4.90 Å². The van der Waals surface area contributed by atoms with Crippen LogP contribution in [0.5, 0.6) is 0 Å². The van der Waals surface area contributed by atoms with Crippen molar-refractivity contribution in [2.24, 2.45) is 0 Å². The molecular formula is C16H16IN3O2. The van der Waals surface area contributed by atoms with Crippen LogP contribution < -0.4 is 5.32 Å². The molecule has 1 amide bonds. The zero-order valence-corrected chi connectivity index (χ0v) is 14.1.